The summed E-state index contributed by atoms with van der Waals surface area (Å²) in [5.74, 6) is -1.79. The second kappa shape index (κ2) is 5.96. The molecule has 1 heterocycles. The van der Waals surface area contributed by atoms with E-state index in [0.29, 0.717) is 17.1 Å². The molecule has 0 spiro atoms. The number of carboxylic acids is 1. The molecule has 1 aliphatic rings. The third kappa shape index (κ3) is 2.93. The number of carboxylic acid groups (broad SMARTS) is 1. The van der Waals surface area contributed by atoms with Gasteiger partial charge in [-0.15, -0.1) is 0 Å². The van der Waals surface area contributed by atoms with Gasteiger partial charge >= 0.3 is 12.1 Å². The largest absolute Gasteiger partial charge is 0.481 e. The highest BCUT2D eigenvalue weighted by atomic mass is 35.5. The van der Waals surface area contributed by atoms with E-state index in [4.69, 9.17) is 16.3 Å². The molecule has 1 atom stereocenters. The molecule has 1 aliphatic heterocycles. The van der Waals surface area contributed by atoms with Crippen LogP contribution in [0, 0.1) is 0 Å². The zero-order valence-electron chi connectivity index (χ0n) is 10.7. The fourth-order valence-electron chi connectivity index (χ4n) is 2.19. The average molecular weight is 296 g/mol. The molecule has 1 unspecified atom stereocenters. The van der Waals surface area contributed by atoms with Gasteiger partial charge in [-0.05, 0) is 23.3 Å². The lowest BCUT2D eigenvalue weighted by Crippen LogP contribution is -2.40. The van der Waals surface area contributed by atoms with Crippen molar-refractivity contribution in [1.29, 1.82) is 0 Å². The van der Waals surface area contributed by atoms with Gasteiger partial charge in [-0.3, -0.25) is 4.79 Å². The van der Waals surface area contributed by atoms with Crippen LogP contribution in [0.3, 0.4) is 0 Å². The van der Waals surface area contributed by atoms with Gasteiger partial charge in [-0.25, -0.2) is 4.79 Å². The van der Waals surface area contributed by atoms with Crippen LogP contribution >= 0.6 is 11.6 Å². The first-order valence-corrected chi connectivity index (χ1v) is 6.44. The third-order valence-corrected chi connectivity index (χ3v) is 3.36. The monoisotopic (exact) mass is 295 g/mol. The molecule has 0 radical (unpaired) electrons. The molecule has 0 aromatic heterocycles. The van der Waals surface area contributed by atoms with Gasteiger partial charge in [0.15, 0.2) is 0 Å². The Morgan fingerprint density at radius 1 is 1.55 bits per heavy atom. The number of ether oxygens (including phenoxy) is 1. The summed E-state index contributed by atoms with van der Waals surface area (Å²) in [7, 11) is 0. The van der Waals surface area contributed by atoms with Crippen LogP contribution in [0.25, 0.3) is 0 Å². The molecule has 20 heavy (non-hydrogen) atoms. The summed E-state index contributed by atoms with van der Waals surface area (Å²) >= 11 is 5.90. The molecule has 1 aromatic carbocycles. The maximum Gasteiger partial charge on any atom is 0.410 e. The number of rotatable bonds is 3. The maximum absolute atomic E-state index is 11.8. The molecule has 5 nitrogen and oxygen atoms in total. The Bertz CT molecular complexity index is 558. The molecular formula is C14H14ClNO4. The fourth-order valence-corrected chi connectivity index (χ4v) is 2.38. The van der Waals surface area contributed by atoms with E-state index in [0.717, 1.165) is 5.56 Å². The molecule has 1 aromatic rings. The summed E-state index contributed by atoms with van der Waals surface area (Å²) in [5.41, 5.74) is 1.42. The molecule has 0 bridgehead atoms. The van der Waals surface area contributed by atoms with E-state index in [2.05, 4.69) is 6.58 Å². The number of fused-ring (bicyclic) bond motifs is 1. The van der Waals surface area contributed by atoms with Crippen molar-refractivity contribution in [2.45, 2.75) is 12.5 Å². The summed E-state index contributed by atoms with van der Waals surface area (Å²) in [6, 6.07) is 5.06. The van der Waals surface area contributed by atoms with E-state index in [1.54, 1.807) is 18.2 Å². The Morgan fingerprint density at radius 2 is 2.30 bits per heavy atom. The standard InChI is InChI=1S/C14H14ClNO4/c1-2-5-20-14(19)16-7-9-3-4-10(15)6-11(9)12(8-16)13(17)18/h2-4,6,12H,1,5,7-8H2,(H,17,18). The summed E-state index contributed by atoms with van der Waals surface area (Å²) in [5, 5.41) is 9.80. The van der Waals surface area contributed by atoms with E-state index in [1.807, 2.05) is 0 Å². The Kier molecular flexibility index (Phi) is 4.29. The average Bonchev–Trinajstić information content (AvgIpc) is 2.43. The Hall–Kier alpha value is -2.01. The van der Waals surface area contributed by atoms with Crippen LogP contribution in [0.1, 0.15) is 17.0 Å². The zero-order valence-corrected chi connectivity index (χ0v) is 11.5. The topological polar surface area (TPSA) is 66.8 Å². The number of amides is 1. The van der Waals surface area contributed by atoms with Gasteiger partial charge < -0.3 is 14.7 Å². The van der Waals surface area contributed by atoms with Crippen molar-refractivity contribution in [2.75, 3.05) is 13.2 Å². The first-order chi connectivity index (χ1) is 9.52. The number of hydrogen-bond acceptors (Lipinski definition) is 3. The molecule has 2 rings (SSSR count). The van der Waals surface area contributed by atoms with Crippen molar-refractivity contribution < 1.29 is 19.4 Å². The van der Waals surface area contributed by atoms with E-state index < -0.39 is 18.0 Å². The molecule has 0 fully saturated rings. The number of aliphatic carboxylic acids is 1. The highest BCUT2D eigenvalue weighted by Gasteiger charge is 2.33. The number of halogens is 1. The van der Waals surface area contributed by atoms with E-state index in [9.17, 15) is 14.7 Å². The van der Waals surface area contributed by atoms with Gasteiger partial charge in [-0.2, -0.15) is 0 Å². The summed E-state index contributed by atoms with van der Waals surface area (Å²) in [4.78, 5) is 24.6. The van der Waals surface area contributed by atoms with Crippen LogP contribution in [-0.2, 0) is 16.1 Å². The van der Waals surface area contributed by atoms with Crippen molar-refractivity contribution in [2.24, 2.45) is 0 Å². The van der Waals surface area contributed by atoms with E-state index in [-0.39, 0.29) is 13.2 Å². The number of benzene rings is 1. The predicted octanol–water partition coefficient (Wildman–Crippen LogP) is 2.65. The van der Waals surface area contributed by atoms with Crippen LogP contribution in [0.4, 0.5) is 4.79 Å². The SMILES string of the molecule is C=CCOC(=O)N1Cc2ccc(Cl)cc2C(C(=O)O)C1. The highest BCUT2D eigenvalue weighted by Crippen LogP contribution is 2.31. The smallest absolute Gasteiger partial charge is 0.410 e. The summed E-state index contributed by atoms with van der Waals surface area (Å²) in [6.45, 7) is 3.94. The normalized spacial score (nSPS) is 17.2. The number of carbonyl (C=O) groups excluding carboxylic acids is 1. The number of carbonyl (C=O) groups is 2. The second-order valence-corrected chi connectivity index (χ2v) is 4.92. The highest BCUT2D eigenvalue weighted by molar-refractivity contribution is 6.30. The molecule has 0 aliphatic carbocycles. The molecule has 1 amide bonds. The van der Waals surface area contributed by atoms with E-state index >= 15 is 0 Å². The molecular weight excluding hydrogens is 282 g/mol. The van der Waals surface area contributed by atoms with Crippen LogP contribution in [0.2, 0.25) is 5.02 Å². The summed E-state index contributed by atoms with van der Waals surface area (Å²) in [6.07, 6.45) is 0.918. The quantitative estimate of drug-likeness (QED) is 0.871. The van der Waals surface area contributed by atoms with Crippen molar-refractivity contribution in [3.8, 4) is 0 Å². The molecule has 0 saturated heterocycles. The van der Waals surface area contributed by atoms with Crippen LogP contribution in [-0.4, -0.2) is 35.2 Å². The maximum atomic E-state index is 11.8. The molecule has 1 N–H and O–H groups in total. The van der Waals surface area contributed by atoms with Gasteiger partial charge in [0, 0.05) is 18.1 Å². The predicted molar refractivity (Wildman–Crippen MR) is 73.8 cm³/mol. The summed E-state index contributed by atoms with van der Waals surface area (Å²) < 4.78 is 4.95. The zero-order chi connectivity index (χ0) is 14.7. The Morgan fingerprint density at radius 3 is 2.95 bits per heavy atom. The molecule has 106 valence electrons. The van der Waals surface area contributed by atoms with Gasteiger partial charge in [0.2, 0.25) is 0 Å². The Labute approximate surface area is 121 Å². The van der Waals surface area contributed by atoms with Crippen LogP contribution in [0.15, 0.2) is 30.9 Å². The van der Waals surface area contributed by atoms with Crippen LogP contribution < -0.4 is 0 Å². The van der Waals surface area contributed by atoms with Crippen molar-refractivity contribution in [3.05, 3.63) is 47.0 Å². The van der Waals surface area contributed by atoms with Crippen molar-refractivity contribution >= 4 is 23.7 Å². The van der Waals surface area contributed by atoms with Gasteiger partial charge in [-0.1, -0.05) is 30.3 Å². The van der Waals surface area contributed by atoms with E-state index in [1.165, 1.54) is 11.0 Å². The minimum atomic E-state index is -0.991. The third-order valence-electron chi connectivity index (χ3n) is 3.13. The second-order valence-electron chi connectivity index (χ2n) is 4.48. The lowest BCUT2D eigenvalue weighted by atomic mass is 9.90. The Balaban J connectivity index is 2.27. The molecule has 0 saturated carbocycles. The molecule has 6 heteroatoms. The van der Waals surface area contributed by atoms with Crippen LogP contribution in [0.5, 0.6) is 0 Å². The minimum absolute atomic E-state index is 0.0681. The lowest BCUT2D eigenvalue weighted by molar-refractivity contribution is -0.139. The minimum Gasteiger partial charge on any atom is -0.481 e. The van der Waals surface area contributed by atoms with Crippen molar-refractivity contribution in [1.82, 2.24) is 4.90 Å². The van der Waals surface area contributed by atoms with Gasteiger partial charge in [0.05, 0.1) is 5.92 Å². The lowest BCUT2D eigenvalue weighted by Gasteiger charge is -2.32. The first kappa shape index (κ1) is 14.4. The fraction of sp³-hybridized carbons (Fsp3) is 0.286. The van der Waals surface area contributed by atoms with Gasteiger partial charge in [0.1, 0.15) is 6.61 Å². The number of nitrogens with zero attached hydrogens (tertiary/aromatic N) is 1. The first-order valence-electron chi connectivity index (χ1n) is 6.06. The van der Waals surface area contributed by atoms with Gasteiger partial charge in [0.25, 0.3) is 0 Å². The number of hydrogen-bond donors (Lipinski definition) is 1. The van der Waals surface area contributed by atoms with Crippen molar-refractivity contribution in [3.63, 3.8) is 0 Å².